The number of carbonyl (C=O) groups excluding carboxylic acids is 2. The number of rotatable bonds is 10. The number of ketones is 2. The first kappa shape index (κ1) is 16.1. The maximum atomic E-state index is 11.5. The summed E-state index contributed by atoms with van der Waals surface area (Å²) in [6, 6.07) is 0. The molecule has 0 radical (unpaired) electrons. The van der Waals surface area contributed by atoms with Crippen LogP contribution in [0.15, 0.2) is 12.2 Å². The predicted molar refractivity (Wildman–Crippen MR) is 72.0 cm³/mol. The van der Waals surface area contributed by atoms with Gasteiger partial charge in [0.25, 0.3) is 0 Å². The molecule has 0 aromatic rings. The van der Waals surface area contributed by atoms with Crippen molar-refractivity contribution in [1.82, 2.24) is 0 Å². The van der Waals surface area contributed by atoms with Gasteiger partial charge < -0.3 is 4.79 Å². The highest BCUT2D eigenvalue weighted by molar-refractivity contribution is 5.84. The molecular formula is C15H26O2. The van der Waals surface area contributed by atoms with Crippen LogP contribution in [-0.2, 0) is 9.59 Å². The lowest BCUT2D eigenvalue weighted by Gasteiger charge is -2.08. The van der Waals surface area contributed by atoms with Crippen molar-refractivity contribution in [3.8, 4) is 0 Å². The van der Waals surface area contributed by atoms with Crippen LogP contribution >= 0.6 is 0 Å². The van der Waals surface area contributed by atoms with Crippen LogP contribution in [0.5, 0.6) is 0 Å². The molecule has 0 N–H and O–H groups in total. The van der Waals surface area contributed by atoms with Crippen LogP contribution in [-0.4, -0.2) is 11.6 Å². The molecule has 1 unspecified atom stereocenters. The van der Waals surface area contributed by atoms with Crippen LogP contribution < -0.4 is 0 Å². The van der Waals surface area contributed by atoms with Crippen LogP contribution in [0.3, 0.4) is 0 Å². The quantitative estimate of drug-likeness (QED) is 0.537. The van der Waals surface area contributed by atoms with E-state index in [1.165, 1.54) is 13.3 Å². The van der Waals surface area contributed by atoms with Crippen molar-refractivity contribution in [1.29, 1.82) is 0 Å². The Morgan fingerprint density at radius 1 is 1.12 bits per heavy atom. The zero-order valence-electron chi connectivity index (χ0n) is 11.5. The van der Waals surface area contributed by atoms with Gasteiger partial charge in [-0.3, -0.25) is 4.79 Å². The Morgan fingerprint density at radius 2 is 1.76 bits per heavy atom. The summed E-state index contributed by atoms with van der Waals surface area (Å²) in [5.74, 6) is 0.763. The zero-order chi connectivity index (χ0) is 13.1. The molecule has 98 valence electrons. The van der Waals surface area contributed by atoms with E-state index in [1.807, 2.05) is 0 Å². The highest BCUT2D eigenvalue weighted by Crippen LogP contribution is 2.13. The van der Waals surface area contributed by atoms with Gasteiger partial charge in [-0.2, -0.15) is 0 Å². The fourth-order valence-corrected chi connectivity index (χ4v) is 1.69. The molecule has 0 amide bonds. The van der Waals surface area contributed by atoms with Gasteiger partial charge in [0.1, 0.15) is 11.6 Å². The average Bonchev–Trinajstić information content (AvgIpc) is 2.26. The minimum Gasteiger partial charge on any atom is -0.300 e. The summed E-state index contributed by atoms with van der Waals surface area (Å²) in [5, 5.41) is 0. The summed E-state index contributed by atoms with van der Waals surface area (Å²) >= 11 is 0. The number of allylic oxidation sites excluding steroid dienone is 2. The maximum absolute atomic E-state index is 11.5. The Kier molecular flexibility index (Phi) is 9.69. The molecule has 0 saturated carbocycles. The lowest BCUT2D eigenvalue weighted by atomic mass is 9.97. The normalized spacial score (nSPS) is 12.9. The fourth-order valence-electron chi connectivity index (χ4n) is 1.69. The Bertz CT molecular complexity index is 254. The number of hydrogen-bond acceptors (Lipinski definition) is 2. The molecule has 17 heavy (non-hydrogen) atoms. The van der Waals surface area contributed by atoms with Gasteiger partial charge >= 0.3 is 0 Å². The first-order valence-corrected chi connectivity index (χ1v) is 6.72. The van der Waals surface area contributed by atoms with Crippen LogP contribution in [0.4, 0.5) is 0 Å². The number of Topliss-reactive ketones (excluding diaryl/α,β-unsaturated/α-hetero) is 2. The molecule has 0 fully saturated rings. The Hall–Kier alpha value is -0.920. The first-order chi connectivity index (χ1) is 8.06. The summed E-state index contributed by atoms with van der Waals surface area (Å²) in [4.78, 5) is 22.3. The van der Waals surface area contributed by atoms with E-state index in [9.17, 15) is 9.59 Å². The van der Waals surface area contributed by atoms with E-state index in [0.717, 1.165) is 19.3 Å². The minimum absolute atomic E-state index is 0.105. The monoisotopic (exact) mass is 238 g/mol. The third kappa shape index (κ3) is 11.3. The van der Waals surface area contributed by atoms with Gasteiger partial charge in [-0.1, -0.05) is 32.4 Å². The second-order valence-corrected chi connectivity index (χ2v) is 4.89. The molecule has 0 spiro atoms. The van der Waals surface area contributed by atoms with Gasteiger partial charge in [-0.25, -0.2) is 0 Å². The van der Waals surface area contributed by atoms with E-state index >= 15 is 0 Å². The number of hydrogen-bond donors (Lipinski definition) is 0. The van der Waals surface area contributed by atoms with Crippen LogP contribution in [0.2, 0.25) is 0 Å². The lowest BCUT2D eigenvalue weighted by Crippen LogP contribution is -2.07. The van der Waals surface area contributed by atoms with Gasteiger partial charge in [-0.15, -0.1) is 0 Å². The summed E-state index contributed by atoms with van der Waals surface area (Å²) in [6.07, 6.45) is 10.3. The number of unbranched alkanes of at least 4 members (excludes halogenated alkanes) is 1. The molecule has 0 saturated heterocycles. The molecular weight excluding hydrogens is 212 g/mol. The lowest BCUT2D eigenvalue weighted by molar-refractivity contribution is -0.123. The van der Waals surface area contributed by atoms with Crippen molar-refractivity contribution in [2.75, 3.05) is 0 Å². The van der Waals surface area contributed by atoms with Crippen molar-refractivity contribution >= 4 is 11.6 Å². The summed E-state index contributed by atoms with van der Waals surface area (Å²) in [5.41, 5.74) is 0. The second kappa shape index (κ2) is 10.2. The predicted octanol–water partition coefficient (Wildman–Crippen LogP) is 4.09. The van der Waals surface area contributed by atoms with E-state index in [-0.39, 0.29) is 11.6 Å². The topological polar surface area (TPSA) is 34.1 Å². The van der Waals surface area contributed by atoms with E-state index in [0.29, 0.717) is 25.2 Å². The smallest absolute Gasteiger partial charge is 0.133 e. The Labute approximate surface area is 105 Å². The van der Waals surface area contributed by atoms with Gasteiger partial charge in [0.2, 0.25) is 0 Å². The largest absolute Gasteiger partial charge is 0.300 e. The zero-order valence-corrected chi connectivity index (χ0v) is 11.5. The minimum atomic E-state index is 0.105. The molecule has 0 aliphatic rings. The van der Waals surface area contributed by atoms with Gasteiger partial charge in [0.05, 0.1) is 0 Å². The summed E-state index contributed by atoms with van der Waals surface area (Å²) in [7, 11) is 0. The van der Waals surface area contributed by atoms with Gasteiger partial charge in [0.15, 0.2) is 0 Å². The van der Waals surface area contributed by atoms with E-state index in [2.05, 4.69) is 26.0 Å². The van der Waals surface area contributed by atoms with Crippen molar-refractivity contribution in [3.63, 3.8) is 0 Å². The van der Waals surface area contributed by atoms with Crippen LogP contribution in [0.25, 0.3) is 0 Å². The molecule has 0 aliphatic heterocycles. The average molecular weight is 238 g/mol. The van der Waals surface area contributed by atoms with Gasteiger partial charge in [0, 0.05) is 19.3 Å². The molecule has 2 nitrogen and oxygen atoms in total. The second-order valence-electron chi connectivity index (χ2n) is 4.89. The van der Waals surface area contributed by atoms with E-state index < -0.39 is 0 Å². The van der Waals surface area contributed by atoms with Crippen LogP contribution in [0.1, 0.15) is 65.7 Å². The SMILES string of the molecule is CCCC=CCCC(C)CC(=O)CCC(C)=O. The van der Waals surface area contributed by atoms with Crippen LogP contribution in [0, 0.1) is 5.92 Å². The van der Waals surface area contributed by atoms with Crippen molar-refractivity contribution < 1.29 is 9.59 Å². The fraction of sp³-hybridized carbons (Fsp3) is 0.733. The molecule has 0 heterocycles. The molecule has 0 aliphatic carbocycles. The molecule has 0 bridgehead atoms. The highest BCUT2D eigenvalue weighted by atomic mass is 16.1. The molecule has 0 aromatic carbocycles. The summed E-state index contributed by atoms with van der Waals surface area (Å²) in [6.45, 7) is 5.81. The third-order valence-corrected chi connectivity index (χ3v) is 2.78. The number of carbonyl (C=O) groups is 2. The van der Waals surface area contributed by atoms with Crippen molar-refractivity contribution in [2.45, 2.75) is 65.7 Å². The van der Waals surface area contributed by atoms with E-state index in [4.69, 9.17) is 0 Å². The van der Waals surface area contributed by atoms with E-state index in [1.54, 1.807) is 0 Å². The first-order valence-electron chi connectivity index (χ1n) is 6.72. The maximum Gasteiger partial charge on any atom is 0.133 e. The van der Waals surface area contributed by atoms with Crippen molar-refractivity contribution in [3.05, 3.63) is 12.2 Å². The molecule has 0 rings (SSSR count). The highest BCUT2D eigenvalue weighted by Gasteiger charge is 2.09. The third-order valence-electron chi connectivity index (χ3n) is 2.78. The molecule has 0 aromatic heterocycles. The van der Waals surface area contributed by atoms with Gasteiger partial charge in [-0.05, 0) is 32.1 Å². The Morgan fingerprint density at radius 3 is 2.35 bits per heavy atom. The standard InChI is InChI=1S/C15H26O2/c1-4-5-6-7-8-9-13(2)12-15(17)11-10-14(3)16/h6-7,13H,4-5,8-12H2,1-3H3. The molecule has 1 atom stereocenters. The molecule has 2 heteroatoms. The Balaban J connectivity index is 3.60. The summed E-state index contributed by atoms with van der Waals surface area (Å²) < 4.78 is 0. The van der Waals surface area contributed by atoms with Crippen molar-refractivity contribution in [2.24, 2.45) is 5.92 Å².